The summed E-state index contributed by atoms with van der Waals surface area (Å²) in [7, 11) is 3.18. The average Bonchev–Trinajstić information content (AvgIpc) is 2.36. The maximum Gasteiger partial charge on any atom is 0.172 e. The maximum absolute atomic E-state index is 5.40. The van der Waals surface area contributed by atoms with Crippen molar-refractivity contribution in [1.29, 1.82) is 0 Å². The van der Waals surface area contributed by atoms with E-state index in [4.69, 9.17) is 4.74 Å². The highest BCUT2D eigenvalue weighted by Gasteiger charge is 2.03. The predicted octanol–water partition coefficient (Wildman–Crippen LogP) is 3.97. The third-order valence-corrected chi connectivity index (χ3v) is 3.64. The average molecular weight is 317 g/mol. The zero-order chi connectivity index (χ0) is 12.7. The molecule has 0 amide bonds. The van der Waals surface area contributed by atoms with Gasteiger partial charge in [-0.15, -0.1) is 0 Å². The Bertz CT molecular complexity index is 396. The first-order valence-electron chi connectivity index (χ1n) is 5.41. The minimum Gasteiger partial charge on any atom is -0.377 e. The molecule has 1 rings (SSSR count). The van der Waals surface area contributed by atoms with Crippen LogP contribution < -0.4 is 5.32 Å². The molecular formula is C12H17BrN2OS. The lowest BCUT2D eigenvalue weighted by Gasteiger charge is -2.11. The van der Waals surface area contributed by atoms with Gasteiger partial charge in [-0.05, 0) is 56.0 Å². The molecule has 0 aliphatic rings. The summed E-state index contributed by atoms with van der Waals surface area (Å²) >= 11 is 3.32. The van der Waals surface area contributed by atoms with Gasteiger partial charge >= 0.3 is 0 Å². The van der Waals surface area contributed by atoms with E-state index in [0.717, 1.165) is 23.0 Å². The van der Waals surface area contributed by atoms with Crippen molar-refractivity contribution in [2.24, 2.45) is 4.99 Å². The van der Waals surface area contributed by atoms with Gasteiger partial charge in [0.05, 0.1) is 6.61 Å². The summed E-state index contributed by atoms with van der Waals surface area (Å²) in [6.45, 7) is 5.44. The molecule has 0 unspecified atom stereocenters. The molecule has 94 valence electrons. The molecule has 0 aliphatic carbocycles. The molecular weight excluding hydrogens is 300 g/mol. The van der Waals surface area contributed by atoms with Crippen LogP contribution in [0.15, 0.2) is 23.2 Å². The SMILES string of the molecule is CCOCc1ccc(C)c(NC(=NC)SBr)c1. The van der Waals surface area contributed by atoms with Gasteiger partial charge in [-0.3, -0.25) is 4.99 Å². The molecule has 0 aliphatic heterocycles. The number of hydrogen-bond donors (Lipinski definition) is 1. The Hall–Kier alpha value is -0.520. The summed E-state index contributed by atoms with van der Waals surface area (Å²) in [6, 6.07) is 6.27. The smallest absolute Gasteiger partial charge is 0.172 e. The van der Waals surface area contributed by atoms with Crippen LogP contribution in [-0.4, -0.2) is 18.8 Å². The number of rotatable bonds is 4. The van der Waals surface area contributed by atoms with Crippen molar-refractivity contribution in [3.05, 3.63) is 29.3 Å². The maximum atomic E-state index is 5.40. The van der Waals surface area contributed by atoms with Crippen molar-refractivity contribution in [1.82, 2.24) is 0 Å². The lowest BCUT2D eigenvalue weighted by atomic mass is 10.1. The van der Waals surface area contributed by atoms with E-state index < -0.39 is 0 Å². The minimum absolute atomic E-state index is 0.644. The van der Waals surface area contributed by atoms with Gasteiger partial charge in [-0.1, -0.05) is 12.1 Å². The molecule has 1 N–H and O–H groups in total. The number of anilines is 1. The van der Waals surface area contributed by atoms with Gasteiger partial charge in [0.25, 0.3) is 0 Å². The Kier molecular flexibility index (Phi) is 6.62. The normalized spacial score (nSPS) is 11.6. The van der Waals surface area contributed by atoms with E-state index in [1.54, 1.807) is 7.05 Å². The van der Waals surface area contributed by atoms with Crippen molar-refractivity contribution in [2.75, 3.05) is 19.0 Å². The summed E-state index contributed by atoms with van der Waals surface area (Å²) in [5.74, 6) is 0. The van der Waals surface area contributed by atoms with Crippen molar-refractivity contribution < 1.29 is 4.74 Å². The van der Waals surface area contributed by atoms with Crippen LogP contribution in [0.4, 0.5) is 5.69 Å². The molecule has 1 aromatic rings. The molecule has 0 heterocycles. The van der Waals surface area contributed by atoms with Gasteiger partial charge in [-0.25, -0.2) is 0 Å². The monoisotopic (exact) mass is 316 g/mol. The second-order valence-corrected chi connectivity index (χ2v) is 5.03. The third-order valence-electron chi connectivity index (χ3n) is 2.29. The molecule has 17 heavy (non-hydrogen) atoms. The number of aliphatic imine (C=N–C) groups is 1. The predicted molar refractivity (Wildman–Crippen MR) is 80.0 cm³/mol. The van der Waals surface area contributed by atoms with Gasteiger partial charge in [0.1, 0.15) is 0 Å². The van der Waals surface area contributed by atoms with E-state index in [0.29, 0.717) is 6.61 Å². The van der Waals surface area contributed by atoms with Crippen LogP contribution in [0, 0.1) is 6.92 Å². The summed E-state index contributed by atoms with van der Waals surface area (Å²) < 4.78 is 5.40. The Morgan fingerprint density at radius 1 is 1.53 bits per heavy atom. The largest absolute Gasteiger partial charge is 0.377 e. The van der Waals surface area contributed by atoms with E-state index in [1.807, 2.05) is 6.92 Å². The molecule has 0 spiro atoms. The fraction of sp³-hybridized carbons (Fsp3) is 0.417. The molecule has 0 atom stereocenters. The molecule has 0 fully saturated rings. The van der Waals surface area contributed by atoms with E-state index in [9.17, 15) is 0 Å². The van der Waals surface area contributed by atoms with Crippen LogP contribution in [0.2, 0.25) is 0 Å². The molecule has 3 nitrogen and oxygen atoms in total. The fourth-order valence-electron chi connectivity index (χ4n) is 1.34. The quantitative estimate of drug-likeness (QED) is 0.674. The van der Waals surface area contributed by atoms with Crippen LogP contribution in [-0.2, 0) is 11.3 Å². The van der Waals surface area contributed by atoms with Gasteiger partial charge in [0.15, 0.2) is 5.17 Å². The first-order valence-corrected chi connectivity index (χ1v) is 8.06. The van der Waals surface area contributed by atoms with Crippen molar-refractivity contribution in [2.45, 2.75) is 20.5 Å². The van der Waals surface area contributed by atoms with Crippen LogP contribution in [0.1, 0.15) is 18.1 Å². The number of amidine groups is 1. The molecule has 0 saturated carbocycles. The molecule has 0 radical (unpaired) electrons. The fourth-order valence-corrected chi connectivity index (χ4v) is 2.23. The van der Waals surface area contributed by atoms with Crippen molar-refractivity contribution in [3.63, 3.8) is 0 Å². The Labute approximate surface area is 114 Å². The zero-order valence-electron chi connectivity index (χ0n) is 10.3. The van der Waals surface area contributed by atoms with Crippen LogP contribution >= 0.6 is 25.0 Å². The summed E-state index contributed by atoms with van der Waals surface area (Å²) in [6.07, 6.45) is 0. The van der Waals surface area contributed by atoms with Crippen molar-refractivity contribution in [3.8, 4) is 0 Å². The number of halogens is 1. The third kappa shape index (κ3) is 4.69. The number of aryl methyl sites for hydroxylation is 1. The van der Waals surface area contributed by atoms with E-state index in [1.165, 1.54) is 15.8 Å². The standard InChI is InChI=1S/C12H17BrN2OS/c1-4-16-8-10-6-5-9(2)11(7-10)15-12(14-3)17-13/h5-7H,4,8H2,1-3H3,(H,14,15). The van der Waals surface area contributed by atoms with Gasteiger partial charge in [0.2, 0.25) is 0 Å². The Morgan fingerprint density at radius 3 is 2.88 bits per heavy atom. The number of benzene rings is 1. The summed E-state index contributed by atoms with van der Waals surface area (Å²) in [5, 5.41) is 4.11. The van der Waals surface area contributed by atoms with E-state index in [2.05, 4.69) is 50.2 Å². The van der Waals surface area contributed by atoms with E-state index in [-0.39, 0.29) is 0 Å². The Morgan fingerprint density at radius 2 is 2.29 bits per heavy atom. The van der Waals surface area contributed by atoms with Gasteiger partial charge in [-0.2, -0.15) is 0 Å². The van der Waals surface area contributed by atoms with Crippen LogP contribution in [0.25, 0.3) is 0 Å². The minimum atomic E-state index is 0.644. The number of hydrogen-bond acceptors (Lipinski definition) is 3. The molecule has 0 aromatic heterocycles. The van der Waals surface area contributed by atoms with Gasteiger partial charge < -0.3 is 10.1 Å². The topological polar surface area (TPSA) is 33.6 Å². The van der Waals surface area contributed by atoms with Crippen molar-refractivity contribution >= 4 is 35.9 Å². The Balaban J connectivity index is 2.82. The first kappa shape index (κ1) is 14.5. The highest BCUT2D eigenvalue weighted by atomic mass is 79.9. The lowest BCUT2D eigenvalue weighted by Crippen LogP contribution is -2.07. The molecule has 0 saturated heterocycles. The lowest BCUT2D eigenvalue weighted by molar-refractivity contribution is 0.134. The highest BCUT2D eigenvalue weighted by Crippen LogP contribution is 2.21. The summed E-state index contributed by atoms with van der Waals surface area (Å²) in [5.41, 5.74) is 3.41. The summed E-state index contributed by atoms with van der Waals surface area (Å²) in [4.78, 5) is 4.13. The molecule has 0 bridgehead atoms. The number of nitrogens with one attached hydrogen (secondary N) is 1. The van der Waals surface area contributed by atoms with Gasteiger partial charge in [0, 0.05) is 19.3 Å². The highest BCUT2D eigenvalue weighted by molar-refractivity contribution is 9.52. The van der Waals surface area contributed by atoms with Crippen LogP contribution in [0.3, 0.4) is 0 Å². The number of nitrogens with zero attached hydrogens (tertiary/aromatic N) is 1. The second kappa shape index (κ2) is 7.74. The molecule has 1 aromatic carbocycles. The second-order valence-electron chi connectivity index (χ2n) is 3.52. The van der Waals surface area contributed by atoms with Crippen LogP contribution in [0.5, 0.6) is 0 Å². The zero-order valence-corrected chi connectivity index (χ0v) is 12.7. The number of ether oxygens (including phenoxy) is 1. The first-order chi connectivity index (χ1) is 8.21. The molecule has 5 heteroatoms. The van der Waals surface area contributed by atoms with E-state index >= 15 is 0 Å².